The highest BCUT2D eigenvalue weighted by Gasteiger charge is 2.16. The molecular weight excluding hydrogens is 315 g/mol. The molecule has 6 heteroatoms. The molecular formula is C19H15BN2O3. The molecule has 122 valence electrons. The van der Waals surface area contributed by atoms with Crippen LogP contribution in [0.4, 0.5) is 0 Å². The normalized spacial score (nSPS) is 10.8. The van der Waals surface area contributed by atoms with Gasteiger partial charge < -0.3 is 14.8 Å². The molecule has 1 aromatic heterocycles. The lowest BCUT2D eigenvalue weighted by Gasteiger charge is -2.10. The number of ether oxygens (including phenoxy) is 1. The highest BCUT2D eigenvalue weighted by Crippen LogP contribution is 2.29. The van der Waals surface area contributed by atoms with E-state index in [1.54, 1.807) is 18.3 Å². The van der Waals surface area contributed by atoms with Crippen molar-refractivity contribution in [1.82, 2.24) is 10.2 Å². The number of aromatic amines is 1. The molecule has 1 heterocycles. The van der Waals surface area contributed by atoms with Crippen LogP contribution in [0.25, 0.3) is 22.0 Å². The third-order valence-electron chi connectivity index (χ3n) is 4.03. The summed E-state index contributed by atoms with van der Waals surface area (Å²) in [4.78, 5) is 0. The first-order chi connectivity index (χ1) is 12.2. The van der Waals surface area contributed by atoms with Crippen molar-refractivity contribution in [3.63, 3.8) is 0 Å². The van der Waals surface area contributed by atoms with Crippen LogP contribution in [0.3, 0.4) is 0 Å². The Morgan fingerprint density at radius 2 is 1.60 bits per heavy atom. The largest absolute Gasteiger partial charge is 0.488 e. The summed E-state index contributed by atoms with van der Waals surface area (Å²) in [5.41, 5.74) is 3.26. The first-order valence-electron chi connectivity index (χ1n) is 7.87. The quantitative estimate of drug-likeness (QED) is 0.503. The molecule has 0 radical (unpaired) electrons. The summed E-state index contributed by atoms with van der Waals surface area (Å²) in [7, 11) is -1.57. The van der Waals surface area contributed by atoms with Crippen molar-refractivity contribution in [3.8, 4) is 22.6 Å². The molecule has 0 fully saturated rings. The number of benzene rings is 3. The number of H-pyrrole nitrogens is 1. The first kappa shape index (κ1) is 15.4. The predicted octanol–water partition coefficient (Wildman–Crippen LogP) is 2.70. The summed E-state index contributed by atoms with van der Waals surface area (Å²) in [6, 6.07) is 21.1. The Kier molecular flexibility index (Phi) is 3.97. The van der Waals surface area contributed by atoms with E-state index >= 15 is 0 Å². The number of hydrogen-bond acceptors (Lipinski definition) is 4. The van der Waals surface area contributed by atoms with E-state index in [0.29, 0.717) is 22.5 Å². The maximum absolute atomic E-state index is 9.44. The smallest absolute Gasteiger partial charge is 0.457 e. The summed E-state index contributed by atoms with van der Waals surface area (Å²) in [5, 5.41) is 26.5. The molecule has 0 aliphatic heterocycles. The van der Waals surface area contributed by atoms with Crippen molar-refractivity contribution in [2.24, 2.45) is 0 Å². The lowest BCUT2D eigenvalue weighted by atomic mass is 9.80. The van der Waals surface area contributed by atoms with Gasteiger partial charge >= 0.3 is 7.12 Å². The number of rotatable bonds is 4. The maximum Gasteiger partial charge on any atom is 0.488 e. The average Bonchev–Trinajstić information content (AvgIpc) is 3.12. The van der Waals surface area contributed by atoms with E-state index in [-0.39, 0.29) is 0 Å². The van der Waals surface area contributed by atoms with E-state index in [0.717, 1.165) is 16.5 Å². The summed E-state index contributed by atoms with van der Waals surface area (Å²) in [5.74, 6) is 1.17. The molecule has 0 saturated carbocycles. The minimum Gasteiger partial charge on any atom is -0.457 e. The van der Waals surface area contributed by atoms with Crippen LogP contribution >= 0.6 is 0 Å². The Balaban J connectivity index is 1.66. The molecule has 0 atom stereocenters. The fourth-order valence-electron chi connectivity index (χ4n) is 2.75. The van der Waals surface area contributed by atoms with Gasteiger partial charge in [0.25, 0.3) is 0 Å². The fourth-order valence-corrected chi connectivity index (χ4v) is 2.75. The van der Waals surface area contributed by atoms with Crippen LogP contribution in [-0.4, -0.2) is 27.4 Å². The molecule has 5 nitrogen and oxygen atoms in total. The van der Waals surface area contributed by atoms with Crippen LogP contribution in [0.5, 0.6) is 11.5 Å². The molecule has 4 rings (SSSR count). The van der Waals surface area contributed by atoms with E-state index < -0.39 is 7.12 Å². The number of nitrogens with zero attached hydrogens (tertiary/aromatic N) is 1. The standard InChI is InChI=1S/C19H15BN2O3/c23-20(24)15-10-18-17(12-21-22-18)19(11-15)25-16-8-6-14(7-9-16)13-4-2-1-3-5-13/h1-12,23-24H,(H,21,22). The average molecular weight is 330 g/mol. The van der Waals surface area contributed by atoms with Gasteiger partial charge in [-0.2, -0.15) is 5.10 Å². The zero-order valence-electron chi connectivity index (χ0n) is 13.3. The van der Waals surface area contributed by atoms with Crippen molar-refractivity contribution in [2.45, 2.75) is 0 Å². The Hall–Kier alpha value is -3.09. The van der Waals surface area contributed by atoms with Crippen LogP contribution in [0, 0.1) is 0 Å². The molecule has 0 aliphatic rings. The van der Waals surface area contributed by atoms with Gasteiger partial charge in [-0.05, 0) is 40.9 Å². The van der Waals surface area contributed by atoms with E-state index in [4.69, 9.17) is 4.74 Å². The van der Waals surface area contributed by atoms with Crippen molar-refractivity contribution in [3.05, 3.63) is 72.9 Å². The van der Waals surface area contributed by atoms with Gasteiger partial charge in [0.05, 0.1) is 17.1 Å². The van der Waals surface area contributed by atoms with Crippen molar-refractivity contribution < 1.29 is 14.8 Å². The van der Waals surface area contributed by atoms with Crippen molar-refractivity contribution in [1.29, 1.82) is 0 Å². The van der Waals surface area contributed by atoms with Gasteiger partial charge in [0.1, 0.15) is 11.5 Å². The summed E-state index contributed by atoms with van der Waals surface area (Å²) in [6.07, 6.45) is 1.65. The van der Waals surface area contributed by atoms with Gasteiger partial charge in [0.2, 0.25) is 0 Å². The van der Waals surface area contributed by atoms with Crippen LogP contribution < -0.4 is 10.2 Å². The minimum absolute atomic E-state index is 0.340. The Labute approximate surface area is 144 Å². The zero-order chi connectivity index (χ0) is 17.2. The number of hydrogen-bond donors (Lipinski definition) is 3. The molecule has 0 saturated heterocycles. The molecule has 0 bridgehead atoms. The second-order valence-corrected chi connectivity index (χ2v) is 5.72. The van der Waals surface area contributed by atoms with Crippen molar-refractivity contribution in [2.75, 3.05) is 0 Å². The lowest BCUT2D eigenvalue weighted by Crippen LogP contribution is -2.29. The summed E-state index contributed by atoms with van der Waals surface area (Å²) >= 11 is 0. The molecule has 0 amide bonds. The maximum atomic E-state index is 9.44. The highest BCUT2D eigenvalue weighted by atomic mass is 16.5. The van der Waals surface area contributed by atoms with E-state index in [1.807, 2.05) is 42.5 Å². The molecule has 0 unspecified atom stereocenters. The van der Waals surface area contributed by atoms with E-state index in [1.165, 1.54) is 0 Å². The highest BCUT2D eigenvalue weighted by molar-refractivity contribution is 6.59. The van der Waals surface area contributed by atoms with E-state index in [9.17, 15) is 10.0 Å². The Morgan fingerprint density at radius 1 is 0.880 bits per heavy atom. The molecule has 0 spiro atoms. The van der Waals surface area contributed by atoms with E-state index in [2.05, 4.69) is 22.3 Å². The van der Waals surface area contributed by atoms with Crippen LogP contribution in [0.2, 0.25) is 0 Å². The molecule has 3 aromatic carbocycles. The predicted molar refractivity (Wildman–Crippen MR) is 97.9 cm³/mol. The van der Waals surface area contributed by atoms with Gasteiger partial charge in [-0.1, -0.05) is 42.5 Å². The SMILES string of the molecule is OB(O)c1cc(Oc2ccc(-c3ccccc3)cc2)c2cn[nH]c2c1. The monoisotopic (exact) mass is 330 g/mol. The molecule has 25 heavy (non-hydrogen) atoms. The zero-order valence-corrected chi connectivity index (χ0v) is 13.3. The number of fused-ring (bicyclic) bond motifs is 1. The number of aromatic nitrogens is 2. The van der Waals surface area contributed by atoms with Crippen LogP contribution in [0.15, 0.2) is 72.9 Å². The van der Waals surface area contributed by atoms with Gasteiger partial charge in [0, 0.05) is 0 Å². The lowest BCUT2D eigenvalue weighted by molar-refractivity contribution is 0.425. The fraction of sp³-hybridized carbons (Fsp3) is 0. The molecule has 3 N–H and O–H groups in total. The second-order valence-electron chi connectivity index (χ2n) is 5.72. The van der Waals surface area contributed by atoms with Crippen LogP contribution in [-0.2, 0) is 0 Å². The Morgan fingerprint density at radius 3 is 2.32 bits per heavy atom. The molecule has 0 aliphatic carbocycles. The van der Waals surface area contributed by atoms with Gasteiger partial charge in [-0.3, -0.25) is 5.10 Å². The van der Waals surface area contributed by atoms with Gasteiger partial charge in [-0.25, -0.2) is 0 Å². The third-order valence-corrected chi connectivity index (χ3v) is 4.03. The third kappa shape index (κ3) is 3.13. The molecule has 4 aromatic rings. The van der Waals surface area contributed by atoms with Crippen LogP contribution in [0.1, 0.15) is 0 Å². The second kappa shape index (κ2) is 6.43. The van der Waals surface area contributed by atoms with Gasteiger partial charge in [-0.15, -0.1) is 0 Å². The Bertz CT molecular complexity index is 998. The summed E-state index contributed by atoms with van der Waals surface area (Å²) < 4.78 is 5.95. The van der Waals surface area contributed by atoms with Gasteiger partial charge in [0.15, 0.2) is 0 Å². The van der Waals surface area contributed by atoms with Crippen molar-refractivity contribution >= 4 is 23.5 Å². The minimum atomic E-state index is -1.57. The summed E-state index contributed by atoms with van der Waals surface area (Å²) in [6.45, 7) is 0. The first-order valence-corrected chi connectivity index (χ1v) is 7.87. The number of nitrogens with one attached hydrogen (secondary N) is 1. The topological polar surface area (TPSA) is 78.4 Å².